The van der Waals surface area contributed by atoms with Crippen LogP contribution in [-0.4, -0.2) is 35.8 Å². The second-order valence-corrected chi connectivity index (χ2v) is 7.08. The van der Waals surface area contributed by atoms with Gasteiger partial charge in [0.1, 0.15) is 5.82 Å². The number of H-pyrrole nitrogens is 1. The number of nitrogens with one attached hydrogen (secondary N) is 1. The lowest BCUT2D eigenvalue weighted by Gasteiger charge is -2.39. The topological polar surface area (TPSA) is 56.4 Å². The molecule has 158 valence electrons. The van der Waals surface area contributed by atoms with Gasteiger partial charge in [0.05, 0.1) is 0 Å². The van der Waals surface area contributed by atoms with E-state index in [1.165, 1.54) is 38.5 Å². The van der Waals surface area contributed by atoms with Gasteiger partial charge in [-0.1, -0.05) is 45.4 Å². The van der Waals surface area contributed by atoms with Gasteiger partial charge in [-0.25, -0.2) is 4.98 Å². The van der Waals surface area contributed by atoms with E-state index < -0.39 is 5.97 Å². The maximum absolute atomic E-state index is 6.09. The van der Waals surface area contributed by atoms with Gasteiger partial charge in [0.25, 0.3) is 5.97 Å². The molecule has 5 nitrogen and oxygen atoms in total. The number of aryl methyl sites for hydroxylation is 1. The van der Waals surface area contributed by atoms with Crippen LogP contribution in [0.3, 0.4) is 0 Å². The molecule has 0 aliphatic carbocycles. The van der Waals surface area contributed by atoms with Gasteiger partial charge >= 0.3 is 0 Å². The average molecular weight is 383 g/mol. The number of rotatable bonds is 18. The summed E-state index contributed by atoms with van der Waals surface area (Å²) in [7, 11) is 0. The summed E-state index contributed by atoms with van der Waals surface area (Å²) in [5.74, 6) is 0.367. The van der Waals surface area contributed by atoms with E-state index in [1.807, 2.05) is 33.2 Å². The van der Waals surface area contributed by atoms with Crippen molar-refractivity contribution >= 4 is 0 Å². The Labute approximate surface area is 166 Å². The molecule has 1 heterocycles. The summed E-state index contributed by atoms with van der Waals surface area (Å²) in [4.78, 5) is 7.53. The molecule has 1 atom stereocenters. The van der Waals surface area contributed by atoms with E-state index in [4.69, 9.17) is 14.2 Å². The van der Waals surface area contributed by atoms with Crippen LogP contribution in [0, 0.1) is 5.92 Å². The van der Waals surface area contributed by atoms with E-state index in [9.17, 15) is 0 Å². The number of nitrogens with zero attached hydrogens (tertiary/aromatic N) is 1. The number of hydrogen-bond donors (Lipinski definition) is 1. The monoisotopic (exact) mass is 382 g/mol. The largest absolute Gasteiger partial charge is 0.349 e. The molecule has 1 aromatic heterocycles. The van der Waals surface area contributed by atoms with Crippen molar-refractivity contribution in [2.45, 2.75) is 97.9 Å². The first kappa shape index (κ1) is 24.1. The molecule has 0 aliphatic rings. The molecule has 0 bridgehead atoms. The van der Waals surface area contributed by atoms with Crippen LogP contribution in [0.25, 0.3) is 0 Å². The van der Waals surface area contributed by atoms with E-state index in [0.29, 0.717) is 19.8 Å². The predicted octanol–water partition coefficient (Wildman–Crippen LogP) is 5.86. The first-order valence-corrected chi connectivity index (χ1v) is 11.1. The minimum absolute atomic E-state index is 0.235. The molecule has 0 fully saturated rings. The molecule has 0 aliphatic heterocycles. The second kappa shape index (κ2) is 15.1. The van der Waals surface area contributed by atoms with Crippen LogP contribution >= 0.6 is 0 Å². The molecular formula is C22H42N2O3. The first-order valence-electron chi connectivity index (χ1n) is 11.1. The Morgan fingerprint density at radius 2 is 1.44 bits per heavy atom. The third kappa shape index (κ3) is 9.22. The molecule has 1 N–H and O–H groups in total. The molecule has 0 radical (unpaired) electrons. The van der Waals surface area contributed by atoms with Crippen LogP contribution < -0.4 is 0 Å². The van der Waals surface area contributed by atoms with Gasteiger partial charge in [-0.2, -0.15) is 0 Å². The molecule has 5 heteroatoms. The zero-order valence-electron chi connectivity index (χ0n) is 18.1. The summed E-state index contributed by atoms with van der Waals surface area (Å²) < 4.78 is 18.3. The molecule has 0 saturated heterocycles. The third-order valence-corrected chi connectivity index (χ3v) is 4.96. The fraction of sp³-hybridized carbons (Fsp3) is 0.864. The minimum Gasteiger partial charge on any atom is -0.349 e. The lowest BCUT2D eigenvalue weighted by molar-refractivity contribution is -0.403. The summed E-state index contributed by atoms with van der Waals surface area (Å²) >= 11 is 0. The van der Waals surface area contributed by atoms with Crippen LogP contribution in [0.4, 0.5) is 0 Å². The molecule has 1 aromatic rings. The highest BCUT2D eigenvalue weighted by Gasteiger charge is 2.41. The molecule has 0 saturated carbocycles. The fourth-order valence-corrected chi connectivity index (χ4v) is 3.70. The van der Waals surface area contributed by atoms with E-state index in [0.717, 1.165) is 31.5 Å². The molecule has 0 amide bonds. The van der Waals surface area contributed by atoms with Crippen molar-refractivity contribution in [2.24, 2.45) is 5.92 Å². The number of aromatic nitrogens is 2. The minimum atomic E-state index is -0.912. The van der Waals surface area contributed by atoms with Gasteiger partial charge in [0, 0.05) is 44.6 Å². The van der Waals surface area contributed by atoms with Gasteiger partial charge in [0.2, 0.25) is 0 Å². The lowest BCUT2D eigenvalue weighted by atomic mass is 9.92. The van der Waals surface area contributed by atoms with Crippen LogP contribution in [0.2, 0.25) is 0 Å². The Morgan fingerprint density at radius 1 is 0.852 bits per heavy atom. The molecule has 27 heavy (non-hydrogen) atoms. The molecule has 1 unspecified atom stereocenters. The maximum Gasteiger partial charge on any atom is 0.285 e. The number of hydrogen-bond acceptors (Lipinski definition) is 4. The Morgan fingerprint density at radius 3 is 2.00 bits per heavy atom. The zero-order chi connectivity index (χ0) is 19.8. The van der Waals surface area contributed by atoms with Gasteiger partial charge < -0.3 is 19.2 Å². The third-order valence-electron chi connectivity index (χ3n) is 4.96. The number of ether oxygens (including phenoxy) is 3. The van der Waals surface area contributed by atoms with Crippen molar-refractivity contribution in [1.29, 1.82) is 0 Å². The van der Waals surface area contributed by atoms with Crippen LogP contribution in [0.15, 0.2) is 12.4 Å². The summed E-state index contributed by atoms with van der Waals surface area (Å²) in [6.07, 6.45) is 15.5. The molecule has 0 spiro atoms. The van der Waals surface area contributed by atoms with Gasteiger partial charge in [-0.05, 0) is 40.0 Å². The summed E-state index contributed by atoms with van der Waals surface area (Å²) in [6, 6.07) is 0. The standard InChI is InChI=1S/C22H42N2O3/c1-5-9-10-11-12-13-15-20(16-14-17-21-23-18-19-24-21)22(25-6-2,26-7-3)27-8-4/h18-20H,5-17H2,1-4H3,(H,23,24). The Bertz CT molecular complexity index is 420. The number of unbranched alkanes of at least 4 members (excludes halogenated alkanes) is 5. The lowest BCUT2D eigenvalue weighted by Crippen LogP contribution is -2.46. The maximum atomic E-state index is 6.09. The molecule has 0 aromatic carbocycles. The van der Waals surface area contributed by atoms with Gasteiger partial charge in [-0.3, -0.25) is 0 Å². The van der Waals surface area contributed by atoms with Crippen LogP contribution in [-0.2, 0) is 20.6 Å². The summed E-state index contributed by atoms with van der Waals surface area (Å²) in [6.45, 7) is 10.1. The predicted molar refractivity (Wildman–Crippen MR) is 111 cm³/mol. The van der Waals surface area contributed by atoms with Crippen molar-refractivity contribution in [3.63, 3.8) is 0 Å². The van der Waals surface area contributed by atoms with Crippen LogP contribution in [0.5, 0.6) is 0 Å². The quantitative estimate of drug-likeness (QED) is 0.255. The average Bonchev–Trinajstić information content (AvgIpc) is 3.17. The smallest absolute Gasteiger partial charge is 0.285 e. The first-order chi connectivity index (χ1) is 13.2. The van der Waals surface area contributed by atoms with Gasteiger partial charge in [0.15, 0.2) is 0 Å². The Hall–Kier alpha value is -0.910. The number of imidazole rings is 1. The van der Waals surface area contributed by atoms with Gasteiger partial charge in [-0.15, -0.1) is 0 Å². The molecule has 1 rings (SSSR count). The fourth-order valence-electron chi connectivity index (χ4n) is 3.70. The van der Waals surface area contributed by atoms with Crippen molar-refractivity contribution in [2.75, 3.05) is 19.8 Å². The van der Waals surface area contributed by atoms with E-state index >= 15 is 0 Å². The Kier molecular flexibility index (Phi) is 13.5. The van der Waals surface area contributed by atoms with Crippen molar-refractivity contribution in [1.82, 2.24) is 9.97 Å². The summed E-state index contributed by atoms with van der Waals surface area (Å²) in [5.41, 5.74) is 0. The van der Waals surface area contributed by atoms with Crippen molar-refractivity contribution in [3.8, 4) is 0 Å². The van der Waals surface area contributed by atoms with E-state index in [1.54, 1.807) is 0 Å². The normalized spacial score (nSPS) is 13.2. The van der Waals surface area contributed by atoms with E-state index in [2.05, 4.69) is 16.9 Å². The van der Waals surface area contributed by atoms with E-state index in [-0.39, 0.29) is 5.92 Å². The summed E-state index contributed by atoms with van der Waals surface area (Å²) in [5, 5.41) is 0. The number of aromatic amines is 1. The van der Waals surface area contributed by atoms with Crippen molar-refractivity contribution < 1.29 is 14.2 Å². The second-order valence-electron chi connectivity index (χ2n) is 7.08. The highest BCUT2D eigenvalue weighted by Crippen LogP contribution is 2.34. The molecular weight excluding hydrogens is 340 g/mol. The highest BCUT2D eigenvalue weighted by atomic mass is 16.9. The van der Waals surface area contributed by atoms with Crippen LogP contribution in [0.1, 0.15) is 91.3 Å². The van der Waals surface area contributed by atoms with Crippen molar-refractivity contribution in [3.05, 3.63) is 18.2 Å². The highest BCUT2D eigenvalue weighted by molar-refractivity contribution is 4.87. The SMILES string of the molecule is CCCCCCCCC(CCCc1ncc[nH]1)C(OCC)(OCC)OCC. The Balaban J connectivity index is 2.68. The zero-order valence-corrected chi connectivity index (χ0v) is 18.1.